The smallest absolute Gasteiger partial charge is 0.289 e. The summed E-state index contributed by atoms with van der Waals surface area (Å²) in [6.45, 7) is 2.95. The van der Waals surface area contributed by atoms with Crippen molar-refractivity contribution in [1.29, 1.82) is 0 Å². The van der Waals surface area contributed by atoms with E-state index in [0.717, 1.165) is 19.3 Å². The van der Waals surface area contributed by atoms with E-state index in [1.165, 1.54) is 6.07 Å². The topological polar surface area (TPSA) is 81.5 Å². The van der Waals surface area contributed by atoms with Crippen LogP contribution in [0.25, 0.3) is 0 Å². The summed E-state index contributed by atoms with van der Waals surface area (Å²) in [5.41, 5.74) is 5.93. The molecular weight excluding hydrogens is 306 g/mol. The molecular formula is C18H23N3O3. The number of piperidine rings is 1. The van der Waals surface area contributed by atoms with Crippen molar-refractivity contribution < 1.29 is 9.21 Å². The number of furan rings is 1. The zero-order valence-electron chi connectivity index (χ0n) is 13.9. The Labute approximate surface area is 140 Å². The first kappa shape index (κ1) is 16.5. The van der Waals surface area contributed by atoms with E-state index in [-0.39, 0.29) is 23.6 Å². The van der Waals surface area contributed by atoms with Gasteiger partial charge in [0, 0.05) is 30.9 Å². The summed E-state index contributed by atoms with van der Waals surface area (Å²) in [5, 5.41) is 0. The highest BCUT2D eigenvalue weighted by Gasteiger charge is 2.31. The molecule has 2 aromatic rings. The molecule has 6 heteroatoms. The Morgan fingerprint density at radius 2 is 2.17 bits per heavy atom. The number of rotatable bonds is 4. The molecule has 0 unspecified atom stereocenters. The van der Waals surface area contributed by atoms with Gasteiger partial charge in [-0.2, -0.15) is 0 Å². The Hall–Kier alpha value is -2.34. The largest absolute Gasteiger partial charge is 0.454 e. The number of carbonyl (C=O) groups is 1. The van der Waals surface area contributed by atoms with Gasteiger partial charge in [-0.15, -0.1) is 0 Å². The Morgan fingerprint density at radius 3 is 2.92 bits per heavy atom. The van der Waals surface area contributed by atoms with Crippen LogP contribution in [-0.4, -0.2) is 34.0 Å². The van der Waals surface area contributed by atoms with E-state index in [1.54, 1.807) is 35.0 Å². The zero-order chi connectivity index (χ0) is 17.1. The van der Waals surface area contributed by atoms with E-state index < -0.39 is 0 Å². The van der Waals surface area contributed by atoms with Gasteiger partial charge >= 0.3 is 0 Å². The number of nitrogens with zero attached hydrogens (tertiary/aromatic N) is 2. The van der Waals surface area contributed by atoms with Gasteiger partial charge in [-0.1, -0.05) is 6.07 Å². The van der Waals surface area contributed by atoms with Crippen LogP contribution in [0.15, 0.2) is 45.7 Å². The van der Waals surface area contributed by atoms with Crippen LogP contribution in [0.3, 0.4) is 0 Å². The van der Waals surface area contributed by atoms with E-state index in [9.17, 15) is 9.59 Å². The fourth-order valence-electron chi connectivity index (χ4n) is 3.23. The van der Waals surface area contributed by atoms with Gasteiger partial charge in [0.2, 0.25) is 0 Å². The van der Waals surface area contributed by atoms with Gasteiger partial charge in [0.25, 0.3) is 11.5 Å². The van der Waals surface area contributed by atoms with Crippen LogP contribution in [0.5, 0.6) is 0 Å². The van der Waals surface area contributed by atoms with Gasteiger partial charge in [-0.25, -0.2) is 0 Å². The van der Waals surface area contributed by atoms with Crippen LogP contribution < -0.4 is 11.3 Å². The third kappa shape index (κ3) is 3.43. The number of aromatic nitrogens is 1. The molecule has 1 amide bonds. The molecule has 24 heavy (non-hydrogen) atoms. The number of pyridine rings is 1. The fourth-order valence-corrected chi connectivity index (χ4v) is 3.23. The predicted octanol–water partition coefficient (Wildman–Crippen LogP) is 1.83. The number of carbonyl (C=O) groups excluding carboxylic acids is 1. The second-order valence-electron chi connectivity index (χ2n) is 6.35. The summed E-state index contributed by atoms with van der Waals surface area (Å²) in [6, 6.07) is 8.40. The number of hydrogen-bond acceptors (Lipinski definition) is 4. The molecule has 1 aliphatic heterocycles. The average Bonchev–Trinajstić information content (AvgIpc) is 3.05. The van der Waals surface area contributed by atoms with Crippen molar-refractivity contribution in [3.05, 3.63) is 58.4 Å². The highest BCUT2D eigenvalue weighted by atomic mass is 16.4. The second-order valence-corrected chi connectivity index (χ2v) is 6.35. The summed E-state index contributed by atoms with van der Waals surface area (Å²) in [5.74, 6) is 0.770. The van der Waals surface area contributed by atoms with Crippen molar-refractivity contribution in [3.8, 4) is 0 Å². The van der Waals surface area contributed by atoms with Gasteiger partial charge < -0.3 is 19.6 Å². The Kier molecular flexibility index (Phi) is 4.85. The lowest BCUT2D eigenvalue weighted by molar-refractivity contribution is 0.0549. The first-order valence-electron chi connectivity index (χ1n) is 8.37. The zero-order valence-corrected chi connectivity index (χ0v) is 13.9. The van der Waals surface area contributed by atoms with Crippen LogP contribution in [-0.2, 0) is 6.54 Å². The maximum Gasteiger partial charge on any atom is 0.289 e. The minimum absolute atomic E-state index is 0.0524. The minimum Gasteiger partial charge on any atom is -0.454 e. The van der Waals surface area contributed by atoms with Gasteiger partial charge in [0.1, 0.15) is 5.76 Å². The SMILES string of the molecule is C[C@@H](N)[C@H]1CCCCN1C(=O)c1ccc(Cn2ccccc2=O)o1. The lowest BCUT2D eigenvalue weighted by atomic mass is 9.96. The monoisotopic (exact) mass is 329 g/mol. The van der Waals surface area contributed by atoms with E-state index in [2.05, 4.69) is 0 Å². The molecule has 0 radical (unpaired) electrons. The van der Waals surface area contributed by atoms with E-state index in [1.807, 2.05) is 11.8 Å². The summed E-state index contributed by atoms with van der Waals surface area (Å²) in [6.07, 6.45) is 4.71. The predicted molar refractivity (Wildman–Crippen MR) is 90.8 cm³/mol. The third-order valence-electron chi connectivity index (χ3n) is 4.51. The van der Waals surface area contributed by atoms with Crippen molar-refractivity contribution in [2.24, 2.45) is 5.73 Å². The number of nitrogens with two attached hydrogens (primary N) is 1. The highest BCUT2D eigenvalue weighted by Crippen LogP contribution is 2.22. The quantitative estimate of drug-likeness (QED) is 0.928. The molecule has 0 bridgehead atoms. The second kappa shape index (κ2) is 7.05. The summed E-state index contributed by atoms with van der Waals surface area (Å²) in [4.78, 5) is 26.3. The molecule has 2 N–H and O–H groups in total. The molecule has 0 aliphatic carbocycles. The molecule has 6 nitrogen and oxygen atoms in total. The lowest BCUT2D eigenvalue weighted by Crippen LogP contribution is -2.51. The number of likely N-dealkylation sites (tertiary alicyclic amines) is 1. The number of amides is 1. The third-order valence-corrected chi connectivity index (χ3v) is 4.51. The first-order valence-corrected chi connectivity index (χ1v) is 8.37. The fraction of sp³-hybridized carbons (Fsp3) is 0.444. The standard InChI is InChI=1S/C18H23N3O3/c1-13(19)15-6-2-5-11-21(15)18(23)16-9-8-14(24-16)12-20-10-4-3-7-17(20)22/h3-4,7-10,13,15H,2,5-6,11-12,19H2,1H3/t13-,15-/m1/s1. The van der Waals surface area contributed by atoms with E-state index in [4.69, 9.17) is 10.2 Å². The minimum atomic E-state index is -0.122. The van der Waals surface area contributed by atoms with Gasteiger partial charge in [-0.05, 0) is 44.4 Å². The number of hydrogen-bond donors (Lipinski definition) is 1. The molecule has 1 fully saturated rings. The molecule has 1 saturated heterocycles. The molecule has 2 aromatic heterocycles. The maximum absolute atomic E-state index is 12.8. The van der Waals surface area contributed by atoms with Crippen molar-refractivity contribution in [3.63, 3.8) is 0 Å². The molecule has 3 rings (SSSR count). The maximum atomic E-state index is 12.8. The van der Waals surface area contributed by atoms with Crippen molar-refractivity contribution >= 4 is 5.91 Å². The lowest BCUT2D eigenvalue weighted by Gasteiger charge is -2.37. The first-order chi connectivity index (χ1) is 11.6. The molecule has 2 atom stereocenters. The van der Waals surface area contributed by atoms with Gasteiger partial charge in [0.15, 0.2) is 5.76 Å². The molecule has 0 saturated carbocycles. The molecule has 1 aliphatic rings. The summed E-state index contributed by atoms with van der Waals surface area (Å²) in [7, 11) is 0. The van der Waals surface area contributed by atoms with Gasteiger partial charge in [-0.3, -0.25) is 9.59 Å². The van der Waals surface area contributed by atoms with Gasteiger partial charge in [0.05, 0.1) is 6.54 Å². The average molecular weight is 329 g/mol. The van der Waals surface area contributed by atoms with E-state index in [0.29, 0.717) is 24.6 Å². The van der Waals surface area contributed by atoms with E-state index >= 15 is 0 Å². The molecule has 128 valence electrons. The Morgan fingerprint density at radius 1 is 1.33 bits per heavy atom. The van der Waals surface area contributed by atoms with Crippen LogP contribution in [0, 0.1) is 0 Å². The summed E-state index contributed by atoms with van der Waals surface area (Å²) >= 11 is 0. The van der Waals surface area contributed by atoms with Crippen LogP contribution >= 0.6 is 0 Å². The molecule has 3 heterocycles. The van der Waals surface area contributed by atoms with Crippen molar-refractivity contribution in [2.75, 3.05) is 6.54 Å². The van der Waals surface area contributed by atoms with Crippen molar-refractivity contribution in [1.82, 2.24) is 9.47 Å². The normalized spacial score (nSPS) is 19.2. The highest BCUT2D eigenvalue weighted by molar-refractivity contribution is 5.91. The summed E-state index contributed by atoms with van der Waals surface area (Å²) < 4.78 is 7.23. The Bertz CT molecular complexity index is 763. The Balaban J connectivity index is 1.76. The van der Waals surface area contributed by atoms with Crippen LogP contribution in [0.4, 0.5) is 0 Å². The molecule has 0 aromatic carbocycles. The van der Waals surface area contributed by atoms with Crippen LogP contribution in [0.1, 0.15) is 42.5 Å². The molecule has 0 spiro atoms. The van der Waals surface area contributed by atoms with Crippen molar-refractivity contribution in [2.45, 2.75) is 44.8 Å². The van der Waals surface area contributed by atoms with Crippen LogP contribution in [0.2, 0.25) is 0 Å².